The van der Waals surface area contributed by atoms with Crippen LogP contribution in [0.15, 0.2) is 47.5 Å². The first-order valence-electron chi connectivity index (χ1n) is 8.30. The van der Waals surface area contributed by atoms with E-state index in [0.717, 1.165) is 23.5 Å². The zero-order valence-corrected chi connectivity index (χ0v) is 16.0. The highest BCUT2D eigenvalue weighted by Crippen LogP contribution is 2.30. The number of methoxy groups -OCH3 is 1. The van der Waals surface area contributed by atoms with E-state index < -0.39 is 29.7 Å². The average molecular weight is 424 g/mol. The Morgan fingerprint density at radius 3 is 2.55 bits per heavy atom. The first-order valence-corrected chi connectivity index (χ1v) is 9.11. The number of ether oxygens (including phenoxy) is 1. The highest BCUT2D eigenvalue weighted by molar-refractivity contribution is 7.16. The van der Waals surface area contributed by atoms with E-state index in [1.165, 1.54) is 24.7 Å². The quantitative estimate of drug-likeness (QED) is 0.683. The number of aromatic nitrogens is 1. The zero-order valence-electron chi connectivity index (χ0n) is 15.2. The predicted molar refractivity (Wildman–Crippen MR) is 100 cm³/mol. The number of carbonyl (C=O) groups is 2. The van der Waals surface area contributed by atoms with Crippen molar-refractivity contribution in [3.8, 4) is 5.75 Å². The first kappa shape index (κ1) is 20.6. The number of thiazole rings is 1. The van der Waals surface area contributed by atoms with E-state index in [9.17, 15) is 27.9 Å². The van der Waals surface area contributed by atoms with Crippen LogP contribution in [-0.4, -0.2) is 28.7 Å². The average Bonchev–Trinajstić information content (AvgIpc) is 3.03. The van der Waals surface area contributed by atoms with Crippen LogP contribution in [0.25, 0.3) is 10.2 Å². The van der Waals surface area contributed by atoms with Crippen molar-refractivity contribution in [3.05, 3.63) is 58.4 Å². The maximum absolute atomic E-state index is 12.9. The lowest BCUT2D eigenvalue weighted by Gasteiger charge is -2.10. The number of nitrogens with zero attached hydrogens (tertiary/aromatic N) is 2. The van der Waals surface area contributed by atoms with Gasteiger partial charge in [-0.25, -0.2) is 4.79 Å². The third-order valence-corrected chi connectivity index (χ3v) is 5.23. The molecule has 6 nitrogen and oxygen atoms in total. The van der Waals surface area contributed by atoms with Gasteiger partial charge in [0.15, 0.2) is 4.80 Å². The molecule has 1 heterocycles. The predicted octanol–water partition coefficient (Wildman–Crippen LogP) is 4.12. The molecule has 0 aliphatic heterocycles. The van der Waals surface area contributed by atoms with Crippen LogP contribution in [0.2, 0.25) is 0 Å². The van der Waals surface area contributed by atoms with E-state index in [0.29, 0.717) is 22.0 Å². The van der Waals surface area contributed by atoms with E-state index in [2.05, 4.69) is 4.99 Å². The summed E-state index contributed by atoms with van der Waals surface area (Å²) in [6.45, 7) is 1.42. The van der Waals surface area contributed by atoms with Crippen molar-refractivity contribution in [2.24, 2.45) is 4.99 Å². The highest BCUT2D eigenvalue weighted by Gasteiger charge is 2.31. The SMILES string of the molecule is COc1ccc2c(c1)sc(=NC(=O)c1cccc(C(F)(F)F)c1)n2C(C)C(=O)O. The standard InChI is InChI=1S/C19H15F3N2O4S/c1-10(17(26)27)24-14-7-6-13(28-2)9-15(14)29-18(24)23-16(25)11-4-3-5-12(8-11)19(20,21)22/h3-10H,1-2H3,(H,26,27). The molecule has 0 bridgehead atoms. The minimum atomic E-state index is -4.60. The van der Waals surface area contributed by atoms with Crippen LogP contribution in [0, 0.1) is 0 Å². The molecule has 10 heteroatoms. The monoisotopic (exact) mass is 424 g/mol. The summed E-state index contributed by atoms with van der Waals surface area (Å²) in [6, 6.07) is 7.81. The smallest absolute Gasteiger partial charge is 0.416 e. The van der Waals surface area contributed by atoms with Gasteiger partial charge in [-0.15, -0.1) is 0 Å². The number of halogens is 3. The van der Waals surface area contributed by atoms with Crippen molar-refractivity contribution in [1.29, 1.82) is 0 Å². The van der Waals surface area contributed by atoms with Crippen LogP contribution in [0.5, 0.6) is 5.75 Å². The van der Waals surface area contributed by atoms with E-state index in [1.807, 2.05) is 0 Å². The van der Waals surface area contributed by atoms with Crippen molar-refractivity contribution < 1.29 is 32.6 Å². The number of carbonyl (C=O) groups excluding carboxylic acids is 1. The van der Waals surface area contributed by atoms with Crippen LogP contribution >= 0.6 is 11.3 Å². The van der Waals surface area contributed by atoms with Crippen molar-refractivity contribution in [1.82, 2.24) is 4.57 Å². The summed E-state index contributed by atoms with van der Waals surface area (Å²) >= 11 is 1.04. The molecule has 1 atom stereocenters. The molecule has 152 valence electrons. The summed E-state index contributed by atoms with van der Waals surface area (Å²) < 4.78 is 45.8. The lowest BCUT2D eigenvalue weighted by atomic mass is 10.1. The molecule has 3 aromatic rings. The molecular weight excluding hydrogens is 409 g/mol. The molecule has 0 spiro atoms. The van der Waals surface area contributed by atoms with E-state index >= 15 is 0 Å². The molecule has 1 amide bonds. The molecule has 0 fully saturated rings. The van der Waals surface area contributed by atoms with Gasteiger partial charge in [-0.3, -0.25) is 4.79 Å². The molecule has 0 saturated carbocycles. The lowest BCUT2D eigenvalue weighted by Crippen LogP contribution is -2.25. The number of alkyl halides is 3. The van der Waals surface area contributed by atoms with E-state index in [-0.39, 0.29) is 10.4 Å². The number of aliphatic carboxylic acids is 1. The Balaban J connectivity index is 2.17. The Hall–Kier alpha value is -3.14. The number of rotatable bonds is 4. The van der Waals surface area contributed by atoms with Gasteiger partial charge in [0.05, 0.1) is 22.9 Å². The van der Waals surface area contributed by atoms with Gasteiger partial charge in [0.2, 0.25) is 0 Å². The summed E-state index contributed by atoms with van der Waals surface area (Å²) in [4.78, 5) is 28.0. The minimum absolute atomic E-state index is 0.0607. The number of hydrogen-bond donors (Lipinski definition) is 1. The van der Waals surface area contributed by atoms with Gasteiger partial charge in [-0.2, -0.15) is 18.2 Å². The van der Waals surface area contributed by atoms with Gasteiger partial charge in [0, 0.05) is 5.56 Å². The van der Waals surface area contributed by atoms with Crippen LogP contribution in [-0.2, 0) is 11.0 Å². The lowest BCUT2D eigenvalue weighted by molar-refractivity contribution is -0.140. The van der Waals surface area contributed by atoms with Crippen LogP contribution in [0.4, 0.5) is 13.2 Å². The normalized spacial score (nSPS) is 13.5. The number of benzene rings is 2. The van der Waals surface area contributed by atoms with Gasteiger partial charge < -0.3 is 14.4 Å². The fourth-order valence-corrected chi connectivity index (χ4v) is 3.82. The summed E-state index contributed by atoms with van der Waals surface area (Å²) in [5.41, 5.74) is -0.697. The number of carboxylic acids is 1. The van der Waals surface area contributed by atoms with Crippen molar-refractivity contribution in [3.63, 3.8) is 0 Å². The Kier molecular flexibility index (Phi) is 5.47. The van der Waals surface area contributed by atoms with Gasteiger partial charge in [0.25, 0.3) is 5.91 Å². The first-order chi connectivity index (χ1) is 13.6. The van der Waals surface area contributed by atoms with E-state index in [4.69, 9.17) is 4.74 Å². The number of carboxylic acid groups (broad SMARTS) is 1. The molecule has 0 saturated heterocycles. The third-order valence-electron chi connectivity index (χ3n) is 4.21. The maximum atomic E-state index is 12.9. The Morgan fingerprint density at radius 1 is 1.21 bits per heavy atom. The molecule has 0 radical (unpaired) electrons. The summed E-state index contributed by atoms with van der Waals surface area (Å²) in [7, 11) is 1.48. The molecule has 0 aliphatic rings. The molecule has 3 rings (SSSR count). The molecule has 29 heavy (non-hydrogen) atoms. The molecule has 1 unspecified atom stereocenters. The number of amides is 1. The third kappa shape index (κ3) is 4.16. The van der Waals surface area contributed by atoms with Crippen molar-refractivity contribution >= 4 is 33.4 Å². The van der Waals surface area contributed by atoms with Crippen molar-refractivity contribution in [2.45, 2.75) is 19.1 Å². The Morgan fingerprint density at radius 2 is 1.93 bits per heavy atom. The molecule has 1 aromatic heterocycles. The fraction of sp³-hybridized carbons (Fsp3) is 0.211. The molecular formula is C19H15F3N2O4S. The van der Waals surface area contributed by atoms with Gasteiger partial charge in [-0.1, -0.05) is 17.4 Å². The molecule has 0 aliphatic carbocycles. The second-order valence-corrected chi connectivity index (χ2v) is 7.11. The fourth-order valence-electron chi connectivity index (χ4n) is 2.69. The highest BCUT2D eigenvalue weighted by atomic mass is 32.1. The number of fused-ring (bicyclic) bond motifs is 1. The summed E-state index contributed by atoms with van der Waals surface area (Å²) in [6.07, 6.45) is -4.60. The van der Waals surface area contributed by atoms with Crippen LogP contribution in [0.1, 0.15) is 28.9 Å². The minimum Gasteiger partial charge on any atom is -0.497 e. The largest absolute Gasteiger partial charge is 0.497 e. The number of hydrogen-bond acceptors (Lipinski definition) is 4. The topological polar surface area (TPSA) is 80.9 Å². The Labute approximate surface area is 166 Å². The second-order valence-electron chi connectivity index (χ2n) is 6.10. The van der Waals surface area contributed by atoms with Crippen LogP contribution < -0.4 is 9.54 Å². The van der Waals surface area contributed by atoms with E-state index in [1.54, 1.807) is 18.2 Å². The second kappa shape index (κ2) is 7.70. The summed E-state index contributed by atoms with van der Waals surface area (Å²) in [5.74, 6) is -1.51. The van der Waals surface area contributed by atoms with Gasteiger partial charge >= 0.3 is 12.1 Å². The zero-order chi connectivity index (χ0) is 21.3. The van der Waals surface area contributed by atoms with Gasteiger partial charge in [0.1, 0.15) is 11.8 Å². The van der Waals surface area contributed by atoms with Crippen molar-refractivity contribution in [2.75, 3.05) is 7.11 Å². The van der Waals surface area contributed by atoms with Gasteiger partial charge in [-0.05, 0) is 43.3 Å². The van der Waals surface area contributed by atoms with Crippen LogP contribution in [0.3, 0.4) is 0 Å². The summed E-state index contributed by atoms with van der Waals surface area (Å²) in [5, 5.41) is 9.42. The maximum Gasteiger partial charge on any atom is 0.416 e. The molecule has 1 N–H and O–H groups in total. The Bertz CT molecular complexity index is 1160. The molecule has 2 aromatic carbocycles.